The lowest BCUT2D eigenvalue weighted by Crippen LogP contribution is -2.47. The Bertz CT molecular complexity index is 570. The van der Waals surface area contributed by atoms with Crippen molar-refractivity contribution in [3.63, 3.8) is 0 Å². The molecule has 1 aromatic carbocycles. The molecule has 2 aliphatic rings. The van der Waals surface area contributed by atoms with E-state index in [4.69, 9.17) is 0 Å². The summed E-state index contributed by atoms with van der Waals surface area (Å²) in [6.07, 6.45) is 3.85. The molecule has 1 aromatic rings. The van der Waals surface area contributed by atoms with Gasteiger partial charge >= 0.3 is 5.69 Å². The van der Waals surface area contributed by atoms with Crippen molar-refractivity contribution in [1.82, 2.24) is 5.32 Å². The van der Waals surface area contributed by atoms with Crippen LogP contribution in [0.2, 0.25) is 0 Å². The van der Waals surface area contributed by atoms with E-state index in [9.17, 15) is 18.9 Å². The van der Waals surface area contributed by atoms with Crippen LogP contribution >= 0.6 is 0 Å². The second-order valence-electron chi connectivity index (χ2n) is 5.89. The van der Waals surface area contributed by atoms with Gasteiger partial charge < -0.3 is 10.2 Å². The van der Waals surface area contributed by atoms with Crippen LogP contribution in [0.25, 0.3) is 0 Å². The van der Waals surface area contributed by atoms with E-state index in [2.05, 4.69) is 5.32 Å². The predicted octanol–water partition coefficient (Wildman–Crippen LogP) is 2.59. The Morgan fingerprint density at radius 3 is 2.48 bits per heavy atom. The highest BCUT2D eigenvalue weighted by molar-refractivity contribution is 5.64. The number of nitrogens with zero attached hydrogens (tertiary/aromatic N) is 2. The molecule has 0 radical (unpaired) electrons. The average molecular weight is 297 g/mol. The van der Waals surface area contributed by atoms with Crippen LogP contribution in [0.5, 0.6) is 0 Å². The molecule has 0 aromatic heterocycles. The van der Waals surface area contributed by atoms with E-state index in [-0.39, 0.29) is 11.7 Å². The van der Waals surface area contributed by atoms with Crippen LogP contribution in [-0.4, -0.2) is 30.1 Å². The average Bonchev–Trinajstić information content (AvgIpc) is 2.75. The summed E-state index contributed by atoms with van der Waals surface area (Å²) in [6.45, 7) is 0. The molecule has 0 spiro atoms. The van der Waals surface area contributed by atoms with Gasteiger partial charge in [0.15, 0.2) is 0 Å². The Hall–Kier alpha value is -1.76. The number of hydrogen-bond donors (Lipinski definition) is 1. The topological polar surface area (TPSA) is 58.4 Å². The number of piperidine rings is 1. The first-order chi connectivity index (χ1) is 9.95. The zero-order chi connectivity index (χ0) is 15.1. The van der Waals surface area contributed by atoms with Gasteiger partial charge in [-0.05, 0) is 25.7 Å². The molecule has 0 amide bonds. The Morgan fingerprint density at radius 2 is 1.90 bits per heavy atom. The summed E-state index contributed by atoms with van der Waals surface area (Å²) in [4.78, 5) is 12.0. The van der Waals surface area contributed by atoms with Crippen LogP contribution in [0.1, 0.15) is 25.7 Å². The first kappa shape index (κ1) is 14.2. The Labute approximate surface area is 121 Å². The van der Waals surface area contributed by atoms with Crippen LogP contribution in [0.3, 0.4) is 0 Å². The minimum absolute atomic E-state index is 0.0174. The van der Waals surface area contributed by atoms with E-state index in [1.54, 1.807) is 11.9 Å². The van der Waals surface area contributed by atoms with Crippen LogP contribution in [0, 0.1) is 21.7 Å². The van der Waals surface area contributed by atoms with E-state index in [0.29, 0.717) is 18.2 Å². The van der Waals surface area contributed by atoms with Crippen molar-refractivity contribution in [2.45, 2.75) is 43.8 Å². The Balaban J connectivity index is 1.94. The van der Waals surface area contributed by atoms with Crippen molar-refractivity contribution in [1.29, 1.82) is 0 Å². The second kappa shape index (κ2) is 5.22. The molecule has 1 N–H and O–H groups in total. The zero-order valence-electron chi connectivity index (χ0n) is 11.7. The molecule has 2 heterocycles. The molecule has 0 saturated carbocycles. The smallest absolute Gasteiger partial charge is 0.328 e. The van der Waals surface area contributed by atoms with Crippen LogP contribution in [0.15, 0.2) is 12.1 Å². The number of fused-ring (bicyclic) bond motifs is 2. The van der Waals surface area contributed by atoms with Crippen molar-refractivity contribution in [2.24, 2.45) is 0 Å². The maximum absolute atomic E-state index is 13.7. The van der Waals surface area contributed by atoms with Gasteiger partial charge in [0.25, 0.3) is 0 Å². The third kappa shape index (κ3) is 2.57. The first-order valence-electron chi connectivity index (χ1n) is 7.08. The van der Waals surface area contributed by atoms with Crippen LogP contribution in [-0.2, 0) is 0 Å². The maximum Gasteiger partial charge on any atom is 0.328 e. The van der Waals surface area contributed by atoms with Gasteiger partial charge in [-0.15, -0.1) is 0 Å². The first-order valence-corrected chi connectivity index (χ1v) is 7.08. The summed E-state index contributed by atoms with van der Waals surface area (Å²) in [6, 6.07) is 2.46. The van der Waals surface area contributed by atoms with Gasteiger partial charge in [0.2, 0.25) is 5.82 Å². The Kier molecular flexibility index (Phi) is 3.52. The molecule has 5 nitrogen and oxygen atoms in total. The number of nitro groups is 1. The van der Waals surface area contributed by atoms with Gasteiger partial charge in [0.1, 0.15) is 11.5 Å². The number of rotatable bonds is 3. The van der Waals surface area contributed by atoms with Crippen molar-refractivity contribution >= 4 is 11.4 Å². The third-order valence-corrected chi connectivity index (χ3v) is 4.57. The van der Waals surface area contributed by atoms with Gasteiger partial charge in [-0.2, -0.15) is 4.39 Å². The molecule has 0 aliphatic carbocycles. The summed E-state index contributed by atoms with van der Waals surface area (Å²) in [7, 11) is 1.68. The molecular formula is C14H17F2N3O2. The van der Waals surface area contributed by atoms with Crippen molar-refractivity contribution in [3.8, 4) is 0 Å². The number of benzene rings is 1. The normalized spacial score (nSPS) is 27.7. The van der Waals surface area contributed by atoms with Gasteiger partial charge in [-0.1, -0.05) is 0 Å². The molecule has 21 heavy (non-hydrogen) atoms. The molecule has 2 atom stereocenters. The number of nitro benzene ring substituents is 1. The molecule has 2 bridgehead atoms. The summed E-state index contributed by atoms with van der Waals surface area (Å²) >= 11 is 0. The summed E-state index contributed by atoms with van der Waals surface area (Å²) in [5, 5.41) is 14.6. The van der Waals surface area contributed by atoms with Crippen LogP contribution in [0.4, 0.5) is 20.2 Å². The van der Waals surface area contributed by atoms with Crippen molar-refractivity contribution in [3.05, 3.63) is 33.9 Å². The lowest BCUT2D eigenvalue weighted by atomic mass is 9.98. The van der Waals surface area contributed by atoms with Gasteiger partial charge in [-0.3, -0.25) is 10.1 Å². The second-order valence-corrected chi connectivity index (χ2v) is 5.89. The Morgan fingerprint density at radius 1 is 1.29 bits per heavy atom. The number of nitrogens with one attached hydrogen (secondary N) is 1. The minimum Gasteiger partial charge on any atom is -0.366 e. The molecule has 2 fully saturated rings. The highest BCUT2D eigenvalue weighted by Gasteiger charge is 2.37. The van der Waals surface area contributed by atoms with E-state index < -0.39 is 22.2 Å². The fourth-order valence-corrected chi connectivity index (χ4v) is 3.54. The predicted molar refractivity (Wildman–Crippen MR) is 74.4 cm³/mol. The lowest BCUT2D eigenvalue weighted by Gasteiger charge is -2.36. The molecular weight excluding hydrogens is 280 g/mol. The number of hydrogen-bond acceptors (Lipinski definition) is 4. The molecule has 114 valence electrons. The monoisotopic (exact) mass is 297 g/mol. The lowest BCUT2D eigenvalue weighted by molar-refractivity contribution is -0.386. The molecule has 3 rings (SSSR count). The molecule has 2 saturated heterocycles. The van der Waals surface area contributed by atoms with Gasteiger partial charge in [0.05, 0.1) is 4.92 Å². The fourth-order valence-electron chi connectivity index (χ4n) is 3.54. The largest absolute Gasteiger partial charge is 0.366 e. The standard InChI is InChI=1S/C14H17F2N3O2/c1-18(11-6-9-2-3-10(7-11)17-9)13-5-8(15)4-12(16)14(13)19(20)21/h4-5,9-11,17H,2-3,6-7H2,1H3. The minimum atomic E-state index is -1.13. The number of halogens is 2. The maximum atomic E-state index is 13.7. The molecule has 2 unspecified atom stereocenters. The van der Waals surface area contributed by atoms with Gasteiger partial charge in [-0.25, -0.2) is 4.39 Å². The fraction of sp³-hybridized carbons (Fsp3) is 0.571. The highest BCUT2D eigenvalue weighted by Crippen LogP contribution is 2.36. The van der Waals surface area contributed by atoms with Crippen molar-refractivity contribution < 1.29 is 13.7 Å². The van der Waals surface area contributed by atoms with Gasteiger partial charge in [0, 0.05) is 37.3 Å². The summed E-state index contributed by atoms with van der Waals surface area (Å²) in [5.41, 5.74) is -0.631. The highest BCUT2D eigenvalue weighted by atomic mass is 19.1. The molecule has 7 heteroatoms. The SMILES string of the molecule is CN(c1cc(F)cc(F)c1[N+](=O)[O-])C1CC2CCC(C1)N2. The van der Waals surface area contributed by atoms with Crippen LogP contribution < -0.4 is 10.2 Å². The summed E-state index contributed by atoms with van der Waals surface area (Å²) < 4.78 is 27.2. The zero-order valence-corrected chi connectivity index (χ0v) is 11.7. The molecule has 2 aliphatic heterocycles. The third-order valence-electron chi connectivity index (χ3n) is 4.57. The van der Waals surface area contributed by atoms with E-state index >= 15 is 0 Å². The van der Waals surface area contributed by atoms with E-state index in [1.807, 2.05) is 0 Å². The van der Waals surface area contributed by atoms with Crippen molar-refractivity contribution in [2.75, 3.05) is 11.9 Å². The quantitative estimate of drug-likeness (QED) is 0.688. The van der Waals surface area contributed by atoms with E-state index in [0.717, 1.165) is 31.7 Å². The summed E-state index contributed by atoms with van der Waals surface area (Å²) in [5.74, 6) is -1.92. The number of anilines is 1. The van der Waals surface area contributed by atoms with E-state index in [1.165, 1.54) is 0 Å².